The van der Waals surface area contributed by atoms with Crippen LogP contribution in [0.4, 0.5) is 4.39 Å². The van der Waals surface area contributed by atoms with Crippen molar-refractivity contribution in [2.24, 2.45) is 5.92 Å². The van der Waals surface area contributed by atoms with Crippen LogP contribution in [0.15, 0.2) is 12.1 Å². The van der Waals surface area contributed by atoms with Crippen LogP contribution in [0.25, 0.3) is 0 Å². The third-order valence-electron chi connectivity index (χ3n) is 2.91. The highest BCUT2D eigenvalue weighted by molar-refractivity contribution is 6.36. The molecule has 0 aliphatic rings. The molecule has 2 nitrogen and oxygen atoms in total. The summed E-state index contributed by atoms with van der Waals surface area (Å²) in [7, 11) is 0. The topological polar surface area (TPSA) is 32.3 Å². The Morgan fingerprint density at radius 2 is 2.00 bits per heavy atom. The van der Waals surface area contributed by atoms with Crippen LogP contribution in [0.3, 0.4) is 0 Å². The zero-order chi connectivity index (χ0) is 13.7. The van der Waals surface area contributed by atoms with E-state index in [9.17, 15) is 4.39 Å². The van der Waals surface area contributed by atoms with Crippen LogP contribution in [-0.4, -0.2) is 18.3 Å². The molecule has 0 aliphatic heterocycles. The first kappa shape index (κ1) is 15.7. The van der Waals surface area contributed by atoms with Crippen molar-refractivity contribution in [3.63, 3.8) is 0 Å². The highest BCUT2D eigenvalue weighted by Gasteiger charge is 2.17. The Hall–Kier alpha value is -0.350. The largest absolute Gasteiger partial charge is 0.396 e. The molecule has 18 heavy (non-hydrogen) atoms. The fraction of sp³-hybridized carbons (Fsp3) is 0.538. The van der Waals surface area contributed by atoms with E-state index < -0.39 is 5.82 Å². The molecular weight excluding hydrogens is 276 g/mol. The Morgan fingerprint density at radius 1 is 1.33 bits per heavy atom. The minimum absolute atomic E-state index is 0.0670. The molecule has 0 aromatic heterocycles. The third kappa shape index (κ3) is 4.09. The van der Waals surface area contributed by atoms with Crippen LogP contribution in [0.2, 0.25) is 10.0 Å². The lowest BCUT2D eigenvalue weighted by atomic mass is 10.1. The molecule has 0 fully saturated rings. The zero-order valence-electron chi connectivity index (χ0n) is 10.5. The minimum atomic E-state index is -0.465. The third-order valence-corrected chi connectivity index (χ3v) is 3.62. The van der Waals surface area contributed by atoms with Gasteiger partial charge in [0.2, 0.25) is 0 Å². The van der Waals surface area contributed by atoms with Gasteiger partial charge in [0.25, 0.3) is 0 Å². The predicted molar refractivity (Wildman–Crippen MR) is 73.7 cm³/mol. The maximum Gasteiger partial charge on any atom is 0.142 e. The Bertz CT molecular complexity index is 401. The van der Waals surface area contributed by atoms with Gasteiger partial charge in [-0.1, -0.05) is 30.1 Å². The number of aliphatic hydroxyl groups is 1. The molecule has 2 N–H and O–H groups in total. The standard InChI is InChI=1S/C13H18Cl2FNO/c1-8(5-6-18)7-17-9(2)12-10(14)3-4-11(16)13(12)15/h3-4,8-9,17-18H,5-7H2,1-2H3. The van der Waals surface area contributed by atoms with Gasteiger partial charge in [0.05, 0.1) is 5.02 Å². The summed E-state index contributed by atoms with van der Waals surface area (Å²) >= 11 is 12.0. The molecular formula is C13H18Cl2FNO. The molecule has 0 saturated heterocycles. The first-order valence-corrected chi connectivity index (χ1v) is 6.70. The number of hydrogen-bond donors (Lipinski definition) is 2. The lowest BCUT2D eigenvalue weighted by molar-refractivity contribution is 0.258. The normalized spacial score (nSPS) is 14.6. The summed E-state index contributed by atoms with van der Waals surface area (Å²) in [5, 5.41) is 12.6. The number of hydrogen-bond acceptors (Lipinski definition) is 2. The predicted octanol–water partition coefficient (Wildman–Crippen LogP) is 3.80. The van der Waals surface area contributed by atoms with Crippen molar-refractivity contribution < 1.29 is 9.50 Å². The van der Waals surface area contributed by atoms with Crippen molar-refractivity contribution in [3.05, 3.63) is 33.6 Å². The molecule has 0 spiro atoms. The molecule has 0 heterocycles. The van der Waals surface area contributed by atoms with Crippen LogP contribution in [0.1, 0.15) is 31.9 Å². The van der Waals surface area contributed by atoms with Gasteiger partial charge in [-0.25, -0.2) is 4.39 Å². The van der Waals surface area contributed by atoms with Crippen molar-refractivity contribution in [3.8, 4) is 0 Å². The van der Waals surface area contributed by atoms with Gasteiger partial charge in [-0.05, 0) is 37.9 Å². The molecule has 102 valence electrons. The van der Waals surface area contributed by atoms with Gasteiger partial charge in [0, 0.05) is 23.2 Å². The molecule has 0 saturated carbocycles. The van der Waals surface area contributed by atoms with Crippen molar-refractivity contribution in [1.82, 2.24) is 5.32 Å². The van der Waals surface area contributed by atoms with Gasteiger partial charge in [-0.2, -0.15) is 0 Å². The van der Waals surface area contributed by atoms with Crippen LogP contribution < -0.4 is 5.32 Å². The molecule has 0 bridgehead atoms. The number of halogens is 3. The van der Waals surface area contributed by atoms with Crippen molar-refractivity contribution in [2.45, 2.75) is 26.3 Å². The van der Waals surface area contributed by atoms with Crippen molar-refractivity contribution >= 4 is 23.2 Å². The number of nitrogens with one attached hydrogen (secondary N) is 1. The SMILES string of the molecule is CC(CCO)CNC(C)c1c(Cl)ccc(F)c1Cl. The molecule has 1 rings (SSSR count). The van der Waals surface area contributed by atoms with Gasteiger partial charge in [0.15, 0.2) is 0 Å². The zero-order valence-corrected chi connectivity index (χ0v) is 12.0. The monoisotopic (exact) mass is 293 g/mol. The van der Waals surface area contributed by atoms with E-state index in [2.05, 4.69) is 5.32 Å². The van der Waals surface area contributed by atoms with E-state index >= 15 is 0 Å². The second-order valence-electron chi connectivity index (χ2n) is 4.50. The van der Waals surface area contributed by atoms with Crippen LogP contribution in [0, 0.1) is 11.7 Å². The molecule has 1 aromatic rings. The smallest absolute Gasteiger partial charge is 0.142 e. The van der Waals surface area contributed by atoms with E-state index in [4.69, 9.17) is 28.3 Å². The second-order valence-corrected chi connectivity index (χ2v) is 5.29. The molecule has 5 heteroatoms. The average Bonchev–Trinajstić information content (AvgIpc) is 2.32. The molecule has 1 aromatic carbocycles. The quantitative estimate of drug-likeness (QED) is 0.782. The fourth-order valence-electron chi connectivity index (χ4n) is 1.74. The van der Waals surface area contributed by atoms with Gasteiger partial charge in [-0.15, -0.1) is 0 Å². The maximum absolute atomic E-state index is 13.4. The first-order chi connectivity index (χ1) is 8.47. The Balaban J connectivity index is 2.72. The Labute approximate surface area is 117 Å². The molecule has 0 radical (unpaired) electrons. The van der Waals surface area contributed by atoms with E-state index in [1.54, 1.807) is 0 Å². The van der Waals surface area contributed by atoms with E-state index in [1.807, 2.05) is 13.8 Å². The first-order valence-electron chi connectivity index (χ1n) is 5.95. The van der Waals surface area contributed by atoms with E-state index in [-0.39, 0.29) is 17.7 Å². The number of aliphatic hydroxyl groups excluding tert-OH is 1. The van der Waals surface area contributed by atoms with Gasteiger partial charge < -0.3 is 10.4 Å². The fourth-order valence-corrected chi connectivity index (χ4v) is 2.44. The van der Waals surface area contributed by atoms with Crippen LogP contribution in [-0.2, 0) is 0 Å². The summed E-state index contributed by atoms with van der Waals surface area (Å²) in [5.74, 6) is -0.128. The summed E-state index contributed by atoms with van der Waals surface area (Å²) < 4.78 is 13.4. The second kappa shape index (κ2) is 7.29. The van der Waals surface area contributed by atoms with Crippen molar-refractivity contribution in [1.29, 1.82) is 0 Å². The van der Waals surface area contributed by atoms with Gasteiger partial charge in [0.1, 0.15) is 5.82 Å². The van der Waals surface area contributed by atoms with E-state index in [1.165, 1.54) is 12.1 Å². The Kier molecular flexibility index (Phi) is 6.36. The highest BCUT2D eigenvalue weighted by atomic mass is 35.5. The van der Waals surface area contributed by atoms with E-state index in [0.29, 0.717) is 23.0 Å². The van der Waals surface area contributed by atoms with Gasteiger partial charge in [-0.3, -0.25) is 0 Å². The summed E-state index contributed by atoms with van der Waals surface area (Å²) in [6.07, 6.45) is 0.727. The molecule has 0 amide bonds. The highest BCUT2D eigenvalue weighted by Crippen LogP contribution is 2.32. The number of rotatable bonds is 6. The van der Waals surface area contributed by atoms with E-state index in [0.717, 1.165) is 6.42 Å². The minimum Gasteiger partial charge on any atom is -0.396 e. The lowest BCUT2D eigenvalue weighted by Crippen LogP contribution is -2.25. The molecule has 0 aliphatic carbocycles. The van der Waals surface area contributed by atoms with Crippen molar-refractivity contribution in [2.75, 3.05) is 13.2 Å². The van der Waals surface area contributed by atoms with Crippen LogP contribution in [0.5, 0.6) is 0 Å². The maximum atomic E-state index is 13.4. The average molecular weight is 294 g/mol. The number of benzene rings is 1. The molecule has 2 atom stereocenters. The summed E-state index contributed by atoms with van der Waals surface area (Å²) in [6.45, 7) is 4.80. The van der Waals surface area contributed by atoms with Gasteiger partial charge >= 0.3 is 0 Å². The Morgan fingerprint density at radius 3 is 2.61 bits per heavy atom. The summed E-state index contributed by atoms with van der Waals surface area (Å²) in [4.78, 5) is 0. The lowest BCUT2D eigenvalue weighted by Gasteiger charge is -2.20. The summed E-state index contributed by atoms with van der Waals surface area (Å²) in [5.41, 5.74) is 0.578. The van der Waals surface area contributed by atoms with Crippen LogP contribution >= 0.6 is 23.2 Å². The summed E-state index contributed by atoms with van der Waals surface area (Å²) in [6, 6.07) is 2.63. The molecule has 2 unspecified atom stereocenters.